The van der Waals surface area contributed by atoms with E-state index in [9.17, 15) is 44.1 Å². The van der Waals surface area contributed by atoms with Gasteiger partial charge in [0.2, 0.25) is 17.8 Å². The molecule has 2 fully saturated rings. The number of hydrogen-bond acceptors (Lipinski definition) is 26. The highest BCUT2D eigenvalue weighted by molar-refractivity contribution is 8.00. The van der Waals surface area contributed by atoms with Gasteiger partial charge in [-0.15, -0.1) is 35.9 Å². The molecule has 0 spiro atoms. The number of imidazole rings is 2. The van der Waals surface area contributed by atoms with Gasteiger partial charge in [-0.05, 0) is 47.9 Å². The minimum Gasteiger partial charge on any atom is -1.00 e. The van der Waals surface area contributed by atoms with E-state index in [1.165, 1.54) is 42.5 Å². The van der Waals surface area contributed by atoms with Gasteiger partial charge in [0.15, 0.2) is 35.8 Å². The number of aliphatic hydroxyl groups excluding tert-OH is 2. The van der Waals surface area contributed by atoms with E-state index in [2.05, 4.69) is 59.9 Å². The number of rotatable bonds is 21. The number of hydrogen-bond donors (Lipinski definition) is 8. The molecule has 10 heterocycles. The summed E-state index contributed by atoms with van der Waals surface area (Å²) in [5.41, 5.74) is 15.2. The number of carbonyl (C=O) groups excluding carboxylic acids is 6. The number of nitrogens with two attached hydrogens (primary N) is 2. The Labute approximate surface area is 526 Å². The fourth-order valence-electron chi connectivity index (χ4n) is 9.45. The highest BCUT2D eigenvalue weighted by Gasteiger charge is 2.56. The summed E-state index contributed by atoms with van der Waals surface area (Å²) in [6.45, 7) is 2.65. The molecule has 6 aromatic heterocycles. The van der Waals surface area contributed by atoms with Crippen molar-refractivity contribution in [2.24, 2.45) is 15.7 Å². The lowest BCUT2D eigenvalue weighted by molar-refractivity contribution is -0.665. The fraction of sp³-hybridized carbons (Fsp3) is 0.404. The predicted molar refractivity (Wildman–Crippen MR) is 315 cm³/mol. The zero-order chi connectivity index (χ0) is 59.4. The van der Waals surface area contributed by atoms with E-state index in [4.69, 9.17) is 23.6 Å². The van der Waals surface area contributed by atoms with Crippen molar-refractivity contribution >= 4 is 154 Å². The number of β-lactam (4-membered cyclic amide) rings is 2. The van der Waals surface area contributed by atoms with Gasteiger partial charge in [-0.2, -0.15) is 18.7 Å². The van der Waals surface area contributed by atoms with Crippen molar-refractivity contribution in [1.29, 1.82) is 0 Å². The number of aromatic nitrogens is 10. The van der Waals surface area contributed by atoms with E-state index < -0.39 is 72.5 Å². The molecule has 7 atom stereocenters. The Hall–Kier alpha value is -6.35. The lowest BCUT2D eigenvalue weighted by Crippen LogP contribution is -3.00. The largest absolute Gasteiger partial charge is 1.00 e. The van der Waals surface area contributed by atoms with Crippen LogP contribution in [0.25, 0.3) is 22.3 Å². The lowest BCUT2D eigenvalue weighted by atomic mass is 10.0. The number of aliphatic hydroxyl groups is 2. The molecule has 2 saturated heterocycles. The number of nitrogen functional groups attached to an aromatic ring is 1. The molecule has 0 saturated carbocycles. The number of nitrogens with one attached hydrogen (secondary N) is 4. The number of fused-ring (bicyclic) bond motifs is 4. The Kier molecular flexibility index (Phi) is 22.5. The summed E-state index contributed by atoms with van der Waals surface area (Å²) in [5, 5.41) is 41.9. The molecule has 0 aliphatic carbocycles. The van der Waals surface area contributed by atoms with Crippen LogP contribution in [-0.4, -0.2) is 207 Å². The number of carbonyl (C=O) groups is 6. The number of likely N-dealkylation sites (N-methyl/N-ethyl adjacent to an activating group) is 1. The molecule has 0 bridgehead atoms. The van der Waals surface area contributed by atoms with Gasteiger partial charge in [-0.3, -0.25) is 39.0 Å². The number of carboxylic acid groups (broad SMARTS) is 1. The maximum Gasteiger partial charge on any atom is 0.357 e. The first-order valence-electron chi connectivity index (χ1n) is 25.2. The van der Waals surface area contributed by atoms with Crippen molar-refractivity contribution in [2.45, 2.75) is 61.1 Å². The van der Waals surface area contributed by atoms with Crippen molar-refractivity contribution in [3.05, 3.63) is 83.5 Å². The molecule has 85 heavy (non-hydrogen) atoms. The smallest absolute Gasteiger partial charge is 0.357 e. The standard InChI is InChI=1S/C25H30BN10O5PS2.C22H24N10O5S2.ClH.HI/c1-27-14(10-37)9-35-12-30-20-15(35)6-5-7-34(20)8-13-11-43-23-17(22(39)36(23)18(13)24(40)41-42(4)26)31-21(38)16(28-2)19-32-25(29-3)44-33-19;1-25-13(16-28-22(24)39-29-16)18(34)27-14-19(35)32-15(21(36)37)10(8-38-20(14)32)5-30-4-2-3-12-17(30)26-9-31(12)6-11(23)7-33;;/h5-7,12,14,17,23,27,37H,8-11H2,1-4H3,(H-,29,31,32,33,38);2-4,9,11,14,20,33H,5-8,23H2,1H3,(H3-,24,27,28,29,34,36,37);2*1H. The summed E-state index contributed by atoms with van der Waals surface area (Å²) in [4.78, 5) is 106. The van der Waals surface area contributed by atoms with E-state index in [-0.39, 0.29) is 114 Å². The fourth-order valence-corrected chi connectivity index (χ4v) is 13.4. The number of anilines is 2. The molecule has 4 amide bonds. The van der Waals surface area contributed by atoms with Gasteiger partial charge in [0.05, 0.1) is 37.3 Å². The van der Waals surface area contributed by atoms with E-state index in [0.29, 0.717) is 46.4 Å². The third kappa shape index (κ3) is 13.8. The van der Waals surface area contributed by atoms with Crippen molar-refractivity contribution in [1.82, 2.24) is 63.6 Å². The van der Waals surface area contributed by atoms with E-state index in [0.717, 1.165) is 39.0 Å². The number of amides is 4. The van der Waals surface area contributed by atoms with Gasteiger partial charge >= 0.3 is 17.3 Å². The molecule has 4 aliphatic heterocycles. The minimum absolute atomic E-state index is 0. The molecule has 2 radical (unpaired) electrons. The summed E-state index contributed by atoms with van der Waals surface area (Å²) in [6.07, 6.45) is 6.91. The lowest BCUT2D eigenvalue weighted by Gasteiger charge is -2.50. The average Bonchev–Trinajstić information content (AvgIpc) is 3.02. The third-order valence-corrected chi connectivity index (χ3v) is 17.8. The number of pyridine rings is 2. The molecular weight excluding hydrogens is 1340 g/mol. The Morgan fingerprint density at radius 3 is 1.79 bits per heavy atom. The van der Waals surface area contributed by atoms with Crippen LogP contribution in [0.1, 0.15) is 11.6 Å². The van der Waals surface area contributed by atoms with Gasteiger partial charge in [0.1, 0.15) is 52.7 Å². The van der Waals surface area contributed by atoms with Crippen LogP contribution in [0.3, 0.4) is 0 Å². The van der Waals surface area contributed by atoms with Gasteiger partial charge < -0.3 is 90.5 Å². The Balaban J connectivity index is 0.000000240. The molecule has 10 N–H and O–H groups in total. The van der Waals surface area contributed by atoms with Crippen molar-refractivity contribution in [3.8, 4) is 0 Å². The molecule has 10 rings (SSSR count). The molecule has 30 nitrogen and oxygen atoms in total. The Bertz CT molecular complexity index is 3660. The molecule has 4 aliphatic rings. The van der Waals surface area contributed by atoms with Gasteiger partial charge in [0, 0.05) is 100 Å². The van der Waals surface area contributed by atoms with Crippen LogP contribution >= 0.6 is 67.0 Å². The van der Waals surface area contributed by atoms with E-state index in [1.807, 2.05) is 38.1 Å². The van der Waals surface area contributed by atoms with Crippen LogP contribution in [0.15, 0.2) is 81.8 Å². The summed E-state index contributed by atoms with van der Waals surface area (Å²) in [6, 6.07) is 4.98. The molecule has 0 aromatic carbocycles. The van der Waals surface area contributed by atoms with Crippen LogP contribution in [0, 0.1) is 0 Å². The van der Waals surface area contributed by atoms with Crippen LogP contribution in [0.5, 0.6) is 0 Å². The molecule has 6 aromatic rings. The first-order valence-corrected chi connectivity index (χ1v) is 30.6. The highest BCUT2D eigenvalue weighted by atomic mass is 127. The zero-order valence-electron chi connectivity index (χ0n) is 45.8. The monoisotopic (exact) mass is 1390 g/mol. The maximum absolute atomic E-state index is 13.5. The molecule has 38 heteroatoms. The first kappa shape index (κ1) is 66.2. The van der Waals surface area contributed by atoms with Gasteiger partial charge in [-0.25, -0.2) is 13.9 Å². The number of thioether (sulfide) groups is 2. The van der Waals surface area contributed by atoms with E-state index in [1.54, 1.807) is 50.2 Å². The molecular formula is C47H56BClIN20O10PS4. The third-order valence-electron chi connectivity index (χ3n) is 13.4. The number of halogens is 2. The van der Waals surface area contributed by atoms with Crippen LogP contribution < -0.4 is 71.0 Å². The predicted octanol–water partition coefficient (Wildman–Crippen LogP) is -6.75. The van der Waals surface area contributed by atoms with Crippen molar-refractivity contribution in [3.63, 3.8) is 0 Å². The second-order valence-corrected chi connectivity index (χ2v) is 23.7. The number of aliphatic carboxylic acids is 1. The summed E-state index contributed by atoms with van der Waals surface area (Å²) in [5.74, 6) is -3.61. The van der Waals surface area contributed by atoms with Crippen LogP contribution in [0.4, 0.5) is 10.3 Å². The quantitative estimate of drug-likeness (QED) is 0.00829. The Morgan fingerprint density at radius 1 is 0.835 bits per heavy atom. The van der Waals surface area contributed by atoms with Crippen LogP contribution in [0.2, 0.25) is 0 Å². The topological polar surface area (TPSA) is 401 Å². The van der Waals surface area contributed by atoms with Crippen LogP contribution in [-0.2, 0) is 59.5 Å². The first-order chi connectivity index (χ1) is 39.9. The van der Waals surface area contributed by atoms with Crippen molar-refractivity contribution in [2.75, 3.05) is 70.6 Å². The number of carboxylic acids is 1. The minimum atomic E-state index is -1.55. The molecule has 7 unspecified atom stereocenters. The maximum atomic E-state index is 13.5. The second kappa shape index (κ2) is 28.9. The average molecular weight is 1390 g/mol. The summed E-state index contributed by atoms with van der Waals surface area (Å²) in [7, 11) is 10.6. The van der Waals surface area contributed by atoms with Gasteiger partial charge in [0.25, 0.3) is 23.6 Å². The summed E-state index contributed by atoms with van der Waals surface area (Å²) < 4.78 is 21.0. The molecule has 450 valence electrons. The van der Waals surface area contributed by atoms with Gasteiger partial charge in [-0.1, -0.05) is 0 Å². The van der Waals surface area contributed by atoms with E-state index >= 15 is 0 Å². The number of aliphatic imine (C=N–C) groups is 2. The highest BCUT2D eigenvalue weighted by Crippen LogP contribution is 2.43. The Morgan fingerprint density at radius 2 is 1.34 bits per heavy atom. The number of nitrogens with zero attached hydrogens (tertiary/aromatic N) is 14. The van der Waals surface area contributed by atoms with Crippen molar-refractivity contribution < 1.29 is 81.7 Å². The second-order valence-electron chi connectivity index (χ2n) is 18.7. The SMILES string of the molecule is CN=C(C(=O)NC1C(=O)N2C(C(=O)[O-])=C(C[n+]3cccc4c3ncn4CC(N)CO)CSC12)c1nsc(N)n1.Cl.[B]P(C)OC(=O)C1=C(C[n+]2cccc3c2ncn3CC(CO)NC)CSC2C(NC(=O)C(=NC)c3nsc(NC)n3)C(=O)N12.[I-]. The summed E-state index contributed by atoms with van der Waals surface area (Å²) >= 11 is 4.74. The normalized spacial score (nSPS) is 19.5. The zero-order valence-corrected chi connectivity index (χ0v) is 52.9.